The van der Waals surface area contributed by atoms with Gasteiger partial charge in [0.1, 0.15) is 5.82 Å². The van der Waals surface area contributed by atoms with Crippen molar-refractivity contribution in [2.75, 3.05) is 0 Å². The van der Waals surface area contributed by atoms with Gasteiger partial charge in [0.2, 0.25) is 6.41 Å². The Labute approximate surface area is 122 Å². The molecular formula is C16H16N4O. The van der Waals surface area contributed by atoms with E-state index in [9.17, 15) is 4.79 Å². The van der Waals surface area contributed by atoms with Crippen molar-refractivity contribution in [2.45, 2.75) is 19.4 Å². The highest BCUT2D eigenvalue weighted by Gasteiger charge is 2.07. The Bertz CT molecular complexity index is 751. The van der Waals surface area contributed by atoms with Gasteiger partial charge in [-0.1, -0.05) is 6.07 Å². The summed E-state index contributed by atoms with van der Waals surface area (Å²) in [6.07, 6.45) is 5.03. The minimum absolute atomic E-state index is 0.113. The molecule has 0 aliphatic heterocycles. The zero-order chi connectivity index (χ0) is 14.7. The summed E-state index contributed by atoms with van der Waals surface area (Å²) in [4.78, 5) is 22.4. The highest BCUT2D eigenvalue weighted by molar-refractivity contribution is 5.80. The van der Waals surface area contributed by atoms with Crippen molar-refractivity contribution in [3.63, 3.8) is 0 Å². The average Bonchev–Trinajstić information content (AvgIpc) is 2.91. The molecule has 2 aromatic heterocycles. The number of aromatic amines is 1. The standard InChI is InChI=1S/C16H16N4O/c1-11(18-10-21)8-12-2-3-14-15(9-12)20-16(19-14)13-4-6-17-7-5-13/h2-7,9-11H,8H2,1H3,(H,18,21)(H,19,20). The molecule has 0 saturated heterocycles. The first-order valence-corrected chi connectivity index (χ1v) is 6.85. The minimum Gasteiger partial charge on any atom is -0.356 e. The number of benzene rings is 1. The lowest BCUT2D eigenvalue weighted by Crippen LogP contribution is -2.26. The molecule has 5 heteroatoms. The first kappa shape index (κ1) is 13.3. The molecule has 106 valence electrons. The minimum atomic E-state index is 0.113. The number of pyridine rings is 1. The summed E-state index contributed by atoms with van der Waals surface area (Å²) in [6, 6.07) is 10.1. The van der Waals surface area contributed by atoms with E-state index >= 15 is 0 Å². The lowest BCUT2D eigenvalue weighted by molar-refractivity contribution is -0.110. The Hall–Kier alpha value is -2.69. The largest absolute Gasteiger partial charge is 0.356 e. The number of carbonyl (C=O) groups is 1. The second-order valence-corrected chi connectivity index (χ2v) is 5.06. The molecule has 21 heavy (non-hydrogen) atoms. The molecule has 3 rings (SSSR count). The van der Waals surface area contributed by atoms with Gasteiger partial charge in [0.25, 0.3) is 0 Å². The van der Waals surface area contributed by atoms with Gasteiger partial charge in [-0.05, 0) is 43.2 Å². The molecule has 1 amide bonds. The molecule has 1 aromatic carbocycles. The van der Waals surface area contributed by atoms with Crippen LogP contribution in [0.25, 0.3) is 22.4 Å². The summed E-state index contributed by atoms with van der Waals surface area (Å²) in [5, 5.41) is 2.76. The number of amides is 1. The second-order valence-electron chi connectivity index (χ2n) is 5.06. The Balaban J connectivity index is 1.90. The third-order valence-corrected chi connectivity index (χ3v) is 3.39. The van der Waals surface area contributed by atoms with Crippen LogP contribution in [0, 0.1) is 0 Å². The van der Waals surface area contributed by atoms with Crippen molar-refractivity contribution in [1.29, 1.82) is 0 Å². The Morgan fingerprint density at radius 1 is 1.29 bits per heavy atom. The maximum absolute atomic E-state index is 10.4. The predicted octanol–water partition coefficient (Wildman–Crippen LogP) is 2.30. The SMILES string of the molecule is CC(Cc1ccc2nc(-c3ccncc3)[nH]c2c1)NC=O. The number of carbonyl (C=O) groups excluding carboxylic acids is 1. The number of hydrogen-bond acceptors (Lipinski definition) is 3. The van der Waals surface area contributed by atoms with Crippen LogP contribution in [0.4, 0.5) is 0 Å². The van der Waals surface area contributed by atoms with Crippen molar-refractivity contribution < 1.29 is 4.79 Å². The third kappa shape index (κ3) is 2.91. The van der Waals surface area contributed by atoms with Gasteiger partial charge in [0, 0.05) is 24.0 Å². The fraction of sp³-hybridized carbons (Fsp3) is 0.188. The van der Waals surface area contributed by atoms with E-state index in [2.05, 4.69) is 26.3 Å². The molecule has 1 unspecified atom stereocenters. The van der Waals surface area contributed by atoms with Gasteiger partial charge in [-0.2, -0.15) is 0 Å². The van der Waals surface area contributed by atoms with E-state index in [-0.39, 0.29) is 6.04 Å². The van der Waals surface area contributed by atoms with Crippen LogP contribution in [0.5, 0.6) is 0 Å². The van der Waals surface area contributed by atoms with Crippen LogP contribution in [0.1, 0.15) is 12.5 Å². The number of nitrogens with zero attached hydrogens (tertiary/aromatic N) is 2. The van der Waals surface area contributed by atoms with Crippen LogP contribution in [-0.4, -0.2) is 27.4 Å². The topological polar surface area (TPSA) is 70.7 Å². The number of imidazole rings is 1. The predicted molar refractivity (Wildman–Crippen MR) is 81.7 cm³/mol. The van der Waals surface area contributed by atoms with E-state index < -0.39 is 0 Å². The van der Waals surface area contributed by atoms with Crippen molar-refractivity contribution in [3.05, 3.63) is 48.3 Å². The van der Waals surface area contributed by atoms with Crippen LogP contribution < -0.4 is 5.32 Å². The number of fused-ring (bicyclic) bond motifs is 1. The molecule has 1 atom stereocenters. The molecule has 0 spiro atoms. The molecular weight excluding hydrogens is 264 g/mol. The molecule has 0 radical (unpaired) electrons. The van der Waals surface area contributed by atoms with Crippen molar-refractivity contribution in [1.82, 2.24) is 20.3 Å². The van der Waals surface area contributed by atoms with Crippen molar-refractivity contribution in [3.8, 4) is 11.4 Å². The number of hydrogen-bond donors (Lipinski definition) is 2. The second kappa shape index (κ2) is 5.75. The summed E-state index contributed by atoms with van der Waals surface area (Å²) >= 11 is 0. The van der Waals surface area contributed by atoms with Crippen LogP contribution in [0.3, 0.4) is 0 Å². The first-order chi connectivity index (χ1) is 10.3. The Morgan fingerprint density at radius 3 is 2.86 bits per heavy atom. The summed E-state index contributed by atoms with van der Waals surface area (Å²) in [6.45, 7) is 1.98. The molecule has 0 bridgehead atoms. The lowest BCUT2D eigenvalue weighted by atomic mass is 10.1. The summed E-state index contributed by atoms with van der Waals surface area (Å²) in [5.74, 6) is 0.837. The smallest absolute Gasteiger partial charge is 0.207 e. The number of H-pyrrole nitrogens is 1. The molecule has 0 aliphatic carbocycles. The van der Waals surface area contributed by atoms with Gasteiger partial charge in [-0.15, -0.1) is 0 Å². The van der Waals surface area contributed by atoms with Crippen LogP contribution in [-0.2, 0) is 11.2 Å². The highest BCUT2D eigenvalue weighted by atomic mass is 16.1. The fourth-order valence-electron chi connectivity index (χ4n) is 2.36. The molecule has 0 aliphatic rings. The summed E-state index contributed by atoms with van der Waals surface area (Å²) in [5.41, 5.74) is 4.10. The van der Waals surface area contributed by atoms with Crippen LogP contribution in [0.2, 0.25) is 0 Å². The summed E-state index contributed by atoms with van der Waals surface area (Å²) < 4.78 is 0. The van der Waals surface area contributed by atoms with E-state index in [1.54, 1.807) is 12.4 Å². The van der Waals surface area contributed by atoms with Gasteiger partial charge < -0.3 is 10.3 Å². The average molecular weight is 280 g/mol. The molecule has 0 saturated carbocycles. The number of rotatable bonds is 5. The van der Waals surface area contributed by atoms with E-state index in [4.69, 9.17) is 0 Å². The van der Waals surface area contributed by atoms with Gasteiger partial charge >= 0.3 is 0 Å². The maximum atomic E-state index is 10.4. The monoisotopic (exact) mass is 280 g/mol. The highest BCUT2D eigenvalue weighted by Crippen LogP contribution is 2.21. The molecule has 2 heterocycles. The van der Waals surface area contributed by atoms with E-state index in [0.29, 0.717) is 0 Å². The van der Waals surface area contributed by atoms with Gasteiger partial charge in [0.15, 0.2) is 0 Å². The van der Waals surface area contributed by atoms with Crippen molar-refractivity contribution in [2.24, 2.45) is 0 Å². The molecule has 5 nitrogen and oxygen atoms in total. The van der Waals surface area contributed by atoms with Gasteiger partial charge in [-0.25, -0.2) is 4.98 Å². The Morgan fingerprint density at radius 2 is 2.10 bits per heavy atom. The van der Waals surface area contributed by atoms with E-state index in [1.165, 1.54) is 0 Å². The molecule has 0 fully saturated rings. The Kier molecular flexibility index (Phi) is 3.64. The third-order valence-electron chi connectivity index (χ3n) is 3.39. The van der Waals surface area contributed by atoms with Gasteiger partial charge in [0.05, 0.1) is 11.0 Å². The first-order valence-electron chi connectivity index (χ1n) is 6.85. The lowest BCUT2D eigenvalue weighted by Gasteiger charge is -2.09. The summed E-state index contributed by atoms with van der Waals surface area (Å²) in [7, 11) is 0. The van der Waals surface area contributed by atoms with E-state index in [1.807, 2.05) is 31.2 Å². The quantitative estimate of drug-likeness (QED) is 0.704. The molecule has 3 aromatic rings. The number of nitrogens with one attached hydrogen (secondary N) is 2. The van der Waals surface area contributed by atoms with Gasteiger partial charge in [-0.3, -0.25) is 9.78 Å². The number of aromatic nitrogens is 3. The fourth-order valence-corrected chi connectivity index (χ4v) is 2.36. The maximum Gasteiger partial charge on any atom is 0.207 e. The normalized spacial score (nSPS) is 12.2. The molecule has 2 N–H and O–H groups in total. The zero-order valence-electron chi connectivity index (χ0n) is 11.7. The van der Waals surface area contributed by atoms with Crippen LogP contribution in [0.15, 0.2) is 42.7 Å². The zero-order valence-corrected chi connectivity index (χ0v) is 11.7. The van der Waals surface area contributed by atoms with Crippen LogP contribution >= 0.6 is 0 Å². The van der Waals surface area contributed by atoms with E-state index in [0.717, 1.165) is 40.8 Å². The van der Waals surface area contributed by atoms with Crippen molar-refractivity contribution >= 4 is 17.4 Å².